The third-order valence-corrected chi connectivity index (χ3v) is 3.25. The maximum atomic E-state index is 12.5. The molecular formula is C14H14F3N5O4. The van der Waals surface area contributed by atoms with Gasteiger partial charge in [-0.1, -0.05) is 5.21 Å². The highest BCUT2D eigenvalue weighted by Crippen LogP contribution is 2.28. The molecule has 2 aromatic rings. The molecule has 1 unspecified atom stereocenters. The summed E-state index contributed by atoms with van der Waals surface area (Å²) in [6.45, 7) is 0.124. The third-order valence-electron chi connectivity index (χ3n) is 3.25. The molecule has 1 atom stereocenters. The number of halogens is 3. The molecule has 26 heavy (non-hydrogen) atoms. The zero-order valence-electron chi connectivity index (χ0n) is 13.4. The van der Waals surface area contributed by atoms with Crippen molar-refractivity contribution in [2.24, 2.45) is 0 Å². The van der Waals surface area contributed by atoms with Gasteiger partial charge in [-0.15, -0.1) is 5.10 Å². The van der Waals surface area contributed by atoms with Crippen LogP contribution < -0.4 is 5.32 Å². The molecule has 9 nitrogen and oxygen atoms in total. The fourth-order valence-electron chi connectivity index (χ4n) is 1.89. The number of alkyl halides is 3. The summed E-state index contributed by atoms with van der Waals surface area (Å²) in [5.41, 5.74) is -1.14. The van der Waals surface area contributed by atoms with Crippen molar-refractivity contribution in [1.82, 2.24) is 25.3 Å². The molecule has 0 aliphatic carbocycles. The van der Waals surface area contributed by atoms with Crippen LogP contribution in [0.15, 0.2) is 24.5 Å². The van der Waals surface area contributed by atoms with Gasteiger partial charge >= 0.3 is 12.1 Å². The van der Waals surface area contributed by atoms with Crippen LogP contribution in [0, 0.1) is 0 Å². The highest BCUT2D eigenvalue weighted by Gasteiger charge is 2.30. The van der Waals surface area contributed by atoms with E-state index in [-0.39, 0.29) is 24.5 Å². The third kappa shape index (κ3) is 4.75. The molecule has 0 fully saturated rings. The highest BCUT2D eigenvalue weighted by atomic mass is 19.4. The van der Waals surface area contributed by atoms with Gasteiger partial charge in [-0.25, -0.2) is 14.5 Å². The van der Waals surface area contributed by atoms with Gasteiger partial charge in [0.05, 0.1) is 11.8 Å². The minimum Gasteiger partial charge on any atom is -0.480 e. The number of rotatable bonds is 7. The Labute approximate surface area is 144 Å². The summed E-state index contributed by atoms with van der Waals surface area (Å²) >= 11 is 0. The molecule has 1 amide bonds. The number of hydrogen-bond donors (Lipinski definition) is 2. The van der Waals surface area contributed by atoms with Crippen molar-refractivity contribution in [2.75, 3.05) is 13.7 Å². The summed E-state index contributed by atoms with van der Waals surface area (Å²) < 4.78 is 43.3. The number of nitrogens with one attached hydrogen (secondary N) is 1. The maximum absolute atomic E-state index is 12.5. The van der Waals surface area contributed by atoms with E-state index in [1.165, 1.54) is 7.11 Å². The normalized spacial score (nSPS) is 12.6. The van der Waals surface area contributed by atoms with Gasteiger partial charge in [0.1, 0.15) is 6.04 Å². The molecule has 0 spiro atoms. The van der Waals surface area contributed by atoms with Crippen LogP contribution in [0.25, 0.3) is 5.82 Å². The van der Waals surface area contributed by atoms with Crippen LogP contribution in [0.4, 0.5) is 13.2 Å². The van der Waals surface area contributed by atoms with Crippen LogP contribution in [0.1, 0.15) is 22.5 Å². The number of methoxy groups -OCH3 is 1. The number of carbonyl (C=O) groups is 2. The molecule has 0 aliphatic heterocycles. The van der Waals surface area contributed by atoms with Crippen molar-refractivity contribution in [3.8, 4) is 5.82 Å². The Morgan fingerprint density at radius 2 is 2.12 bits per heavy atom. The number of aliphatic carboxylic acids is 1. The molecule has 0 radical (unpaired) electrons. The van der Waals surface area contributed by atoms with E-state index in [1.54, 1.807) is 0 Å². The predicted octanol–water partition coefficient (Wildman–Crippen LogP) is 0.901. The van der Waals surface area contributed by atoms with Gasteiger partial charge in [-0.05, 0) is 12.1 Å². The van der Waals surface area contributed by atoms with Crippen molar-refractivity contribution in [2.45, 2.75) is 18.6 Å². The summed E-state index contributed by atoms with van der Waals surface area (Å²) in [4.78, 5) is 26.8. The summed E-state index contributed by atoms with van der Waals surface area (Å²) in [7, 11) is 1.39. The monoisotopic (exact) mass is 373 g/mol. The van der Waals surface area contributed by atoms with E-state index in [4.69, 9.17) is 9.84 Å². The average molecular weight is 373 g/mol. The maximum Gasteiger partial charge on any atom is 0.417 e. The van der Waals surface area contributed by atoms with Gasteiger partial charge in [0, 0.05) is 26.3 Å². The smallest absolute Gasteiger partial charge is 0.417 e. The highest BCUT2D eigenvalue weighted by molar-refractivity contribution is 5.94. The minimum atomic E-state index is -4.52. The first kappa shape index (κ1) is 19.3. The molecule has 0 aromatic carbocycles. The van der Waals surface area contributed by atoms with Gasteiger partial charge in [-0.3, -0.25) is 4.79 Å². The van der Waals surface area contributed by atoms with Crippen LogP contribution in [0.5, 0.6) is 0 Å². The molecule has 2 heterocycles. The van der Waals surface area contributed by atoms with E-state index in [2.05, 4.69) is 20.6 Å². The van der Waals surface area contributed by atoms with E-state index in [0.717, 1.165) is 23.0 Å². The Balaban J connectivity index is 2.11. The summed E-state index contributed by atoms with van der Waals surface area (Å²) in [6, 6.07) is 0.698. The Hall–Kier alpha value is -3.02. The zero-order valence-corrected chi connectivity index (χ0v) is 13.4. The molecular weight excluding hydrogens is 359 g/mol. The average Bonchev–Trinajstić information content (AvgIpc) is 3.07. The van der Waals surface area contributed by atoms with Crippen LogP contribution in [-0.2, 0) is 15.7 Å². The molecule has 12 heteroatoms. The number of amides is 1. The van der Waals surface area contributed by atoms with Gasteiger partial charge in [0.2, 0.25) is 0 Å². The molecule has 140 valence electrons. The first-order valence-electron chi connectivity index (χ1n) is 7.21. The lowest BCUT2D eigenvalue weighted by atomic mass is 10.2. The Kier molecular flexibility index (Phi) is 5.87. The number of ether oxygens (including phenoxy) is 1. The zero-order chi connectivity index (χ0) is 19.3. The fourth-order valence-corrected chi connectivity index (χ4v) is 1.89. The van der Waals surface area contributed by atoms with Gasteiger partial charge < -0.3 is 15.2 Å². The van der Waals surface area contributed by atoms with Crippen LogP contribution in [-0.4, -0.2) is 56.7 Å². The van der Waals surface area contributed by atoms with Crippen molar-refractivity contribution in [3.63, 3.8) is 0 Å². The number of pyridine rings is 1. The second-order valence-corrected chi connectivity index (χ2v) is 5.10. The first-order valence-corrected chi connectivity index (χ1v) is 7.21. The second kappa shape index (κ2) is 7.91. The first-order chi connectivity index (χ1) is 12.2. The predicted molar refractivity (Wildman–Crippen MR) is 79.5 cm³/mol. The van der Waals surface area contributed by atoms with Gasteiger partial charge in [-0.2, -0.15) is 13.2 Å². The molecule has 0 saturated heterocycles. The minimum absolute atomic E-state index is 0.0127. The lowest BCUT2D eigenvalue weighted by Crippen LogP contribution is -2.41. The molecule has 2 aromatic heterocycles. The lowest BCUT2D eigenvalue weighted by Gasteiger charge is -2.12. The Morgan fingerprint density at radius 1 is 1.38 bits per heavy atom. The standard InChI is InChI=1S/C14H14F3N5O4/c1-26-5-4-9(13(24)25)19-12(23)10-7-22(21-20-10)11-3-2-8(6-18-11)14(15,16)17/h2-3,6-7,9H,4-5H2,1H3,(H,19,23)(H,24,25). The van der Waals surface area contributed by atoms with Crippen molar-refractivity contribution in [3.05, 3.63) is 35.8 Å². The van der Waals surface area contributed by atoms with Crippen LogP contribution in [0.2, 0.25) is 0 Å². The number of nitrogens with zero attached hydrogens (tertiary/aromatic N) is 4. The fraction of sp³-hybridized carbons (Fsp3) is 0.357. The van der Waals surface area contributed by atoms with E-state index < -0.39 is 29.7 Å². The Morgan fingerprint density at radius 3 is 2.65 bits per heavy atom. The van der Waals surface area contributed by atoms with E-state index in [0.29, 0.717) is 6.20 Å². The summed E-state index contributed by atoms with van der Waals surface area (Å²) in [5, 5.41) is 18.5. The molecule has 0 saturated carbocycles. The number of carbonyl (C=O) groups excluding carboxylic acids is 1. The van der Waals surface area contributed by atoms with Crippen LogP contribution in [0.3, 0.4) is 0 Å². The largest absolute Gasteiger partial charge is 0.480 e. The number of carboxylic acids is 1. The van der Waals surface area contributed by atoms with Gasteiger partial charge in [0.15, 0.2) is 11.5 Å². The number of aromatic nitrogens is 4. The van der Waals surface area contributed by atoms with Crippen molar-refractivity contribution < 1.29 is 32.6 Å². The molecule has 0 bridgehead atoms. The van der Waals surface area contributed by atoms with E-state index in [9.17, 15) is 22.8 Å². The molecule has 0 aliphatic rings. The summed E-state index contributed by atoms with van der Waals surface area (Å²) in [5.74, 6) is -2.03. The Bertz CT molecular complexity index is 776. The summed E-state index contributed by atoms with van der Waals surface area (Å²) in [6.07, 6.45) is -2.72. The van der Waals surface area contributed by atoms with Crippen molar-refractivity contribution in [1.29, 1.82) is 0 Å². The quantitative estimate of drug-likeness (QED) is 0.740. The van der Waals surface area contributed by atoms with E-state index >= 15 is 0 Å². The van der Waals surface area contributed by atoms with Crippen LogP contribution >= 0.6 is 0 Å². The molecule has 2 N–H and O–H groups in total. The SMILES string of the molecule is COCCC(NC(=O)c1cn(-c2ccc(C(F)(F)F)cn2)nn1)C(=O)O. The topological polar surface area (TPSA) is 119 Å². The second-order valence-electron chi connectivity index (χ2n) is 5.10. The van der Waals surface area contributed by atoms with Crippen molar-refractivity contribution >= 4 is 11.9 Å². The number of hydrogen-bond acceptors (Lipinski definition) is 6. The molecule has 2 rings (SSSR count). The van der Waals surface area contributed by atoms with E-state index in [1.807, 2.05) is 0 Å². The van der Waals surface area contributed by atoms with Gasteiger partial charge in [0.25, 0.3) is 5.91 Å². The lowest BCUT2D eigenvalue weighted by molar-refractivity contribution is -0.140. The number of carboxylic acid groups (broad SMARTS) is 1.